The van der Waals surface area contributed by atoms with Crippen LogP contribution in [0.3, 0.4) is 0 Å². The molecule has 1 aromatic carbocycles. The Hall–Kier alpha value is -1.91. The minimum atomic E-state index is -0.450. The maximum Gasteiger partial charge on any atom is 0.375 e. The maximum atomic E-state index is 11.7. The van der Waals surface area contributed by atoms with E-state index in [-0.39, 0.29) is 0 Å². The number of hydrogen-bond acceptors (Lipinski definition) is 4. The first-order chi connectivity index (χ1) is 10.3. The Balaban J connectivity index is 1.73. The highest BCUT2D eigenvalue weighted by Crippen LogP contribution is 2.33. The number of benzene rings is 1. The Labute approximate surface area is 131 Å². The molecule has 3 nitrogen and oxygen atoms in total. The first kappa shape index (κ1) is 14.0. The maximum absolute atomic E-state index is 11.7. The lowest BCUT2D eigenvalue weighted by Gasteiger charge is -2.16. The van der Waals surface area contributed by atoms with Crippen molar-refractivity contribution in [1.29, 1.82) is 0 Å². The fraction of sp³-hybridized carbons (Fsp3) is 0.125. The summed E-state index contributed by atoms with van der Waals surface area (Å²) in [5.41, 5.74) is 3.14. The van der Waals surface area contributed by atoms with Gasteiger partial charge in [-0.3, -0.25) is 0 Å². The lowest BCUT2D eigenvalue weighted by molar-refractivity contribution is 0.0525. The van der Waals surface area contributed by atoms with Crippen molar-refractivity contribution in [1.82, 2.24) is 0 Å². The molecule has 0 fully saturated rings. The smallest absolute Gasteiger partial charge is 0.312 e. The van der Waals surface area contributed by atoms with E-state index in [4.69, 9.17) is 16.4 Å². The number of allylic oxidation sites excluding steroid dienone is 1. The monoisotopic (exact) mass is 317 g/mol. The molecule has 0 saturated carbocycles. The molecule has 0 aliphatic heterocycles. The minimum absolute atomic E-state index is 0.450. The third-order valence-electron chi connectivity index (χ3n) is 3.27. The van der Waals surface area contributed by atoms with Crippen molar-refractivity contribution in [3.63, 3.8) is 0 Å². The molecule has 21 heavy (non-hydrogen) atoms. The summed E-state index contributed by atoms with van der Waals surface area (Å²) in [7, 11) is 0. The largest absolute Gasteiger partial charge is 0.375 e. The molecule has 0 amide bonds. The van der Waals surface area contributed by atoms with E-state index in [1.807, 2.05) is 23.6 Å². The van der Waals surface area contributed by atoms with Gasteiger partial charge in [0.2, 0.25) is 0 Å². The van der Waals surface area contributed by atoms with Crippen LogP contribution in [-0.4, -0.2) is 12.2 Å². The van der Waals surface area contributed by atoms with E-state index in [1.54, 1.807) is 12.1 Å². The van der Waals surface area contributed by atoms with Crippen molar-refractivity contribution in [3.8, 4) is 0 Å². The Morgan fingerprint density at radius 2 is 2.10 bits per heavy atom. The lowest BCUT2D eigenvalue weighted by Crippen LogP contribution is -2.04. The number of thiophene rings is 1. The molecule has 1 aliphatic rings. The van der Waals surface area contributed by atoms with Gasteiger partial charge < -0.3 is 4.84 Å². The summed E-state index contributed by atoms with van der Waals surface area (Å²) in [5.74, 6) is -0.450. The van der Waals surface area contributed by atoms with Gasteiger partial charge in [-0.2, -0.15) is 0 Å². The van der Waals surface area contributed by atoms with E-state index in [0.717, 1.165) is 24.0 Å². The molecule has 0 bridgehead atoms. The van der Waals surface area contributed by atoms with Crippen LogP contribution in [0.2, 0.25) is 0 Å². The van der Waals surface area contributed by atoms with Gasteiger partial charge >= 0.3 is 5.97 Å². The molecule has 0 spiro atoms. The highest BCUT2D eigenvalue weighted by molar-refractivity contribution is 7.11. The first-order valence-electron chi connectivity index (χ1n) is 6.51. The molecule has 0 saturated heterocycles. The number of carbonyl (C=O) groups excluding carboxylic acids is 1. The van der Waals surface area contributed by atoms with Crippen LogP contribution in [0.25, 0.3) is 5.03 Å². The fourth-order valence-electron chi connectivity index (χ4n) is 2.20. The second-order valence-electron chi connectivity index (χ2n) is 4.59. The normalized spacial score (nSPS) is 14.3. The highest BCUT2D eigenvalue weighted by Gasteiger charge is 2.16. The Morgan fingerprint density at radius 3 is 2.90 bits per heavy atom. The van der Waals surface area contributed by atoms with Crippen LogP contribution in [-0.2, 0) is 11.3 Å². The van der Waals surface area contributed by atoms with Crippen LogP contribution < -0.4 is 0 Å². The SMILES string of the molecule is O=C(ON=CC1=C(Cl)c2ccccc2CC1)c1cccs1. The van der Waals surface area contributed by atoms with Crippen molar-refractivity contribution < 1.29 is 9.63 Å². The van der Waals surface area contributed by atoms with Gasteiger partial charge in [-0.25, -0.2) is 4.79 Å². The van der Waals surface area contributed by atoms with Gasteiger partial charge in [-0.15, -0.1) is 11.3 Å². The topological polar surface area (TPSA) is 38.7 Å². The Kier molecular flexibility index (Phi) is 4.18. The molecule has 2 aromatic rings. The number of rotatable bonds is 3. The van der Waals surface area contributed by atoms with Gasteiger partial charge in [0.05, 0.1) is 11.2 Å². The number of hydrogen-bond donors (Lipinski definition) is 0. The Bertz CT molecular complexity index is 720. The van der Waals surface area contributed by atoms with Crippen LogP contribution in [0.15, 0.2) is 52.5 Å². The van der Waals surface area contributed by atoms with Crippen molar-refractivity contribution in [2.75, 3.05) is 0 Å². The van der Waals surface area contributed by atoms with Gasteiger partial charge in [-0.05, 0) is 41.0 Å². The van der Waals surface area contributed by atoms with Crippen molar-refractivity contribution in [2.45, 2.75) is 12.8 Å². The van der Waals surface area contributed by atoms with Crippen molar-refractivity contribution >= 4 is 40.2 Å². The number of aryl methyl sites for hydroxylation is 1. The van der Waals surface area contributed by atoms with E-state index >= 15 is 0 Å². The van der Waals surface area contributed by atoms with E-state index in [1.165, 1.54) is 23.1 Å². The number of nitrogens with zero attached hydrogens (tertiary/aromatic N) is 1. The summed E-state index contributed by atoms with van der Waals surface area (Å²) >= 11 is 7.70. The summed E-state index contributed by atoms with van der Waals surface area (Å²) in [6.45, 7) is 0. The highest BCUT2D eigenvalue weighted by atomic mass is 35.5. The zero-order chi connectivity index (χ0) is 14.7. The second kappa shape index (κ2) is 6.24. The van der Waals surface area contributed by atoms with Crippen molar-refractivity contribution in [2.24, 2.45) is 5.16 Å². The fourth-order valence-corrected chi connectivity index (χ4v) is 3.13. The van der Waals surface area contributed by atoms with Gasteiger partial charge in [0.25, 0.3) is 0 Å². The van der Waals surface area contributed by atoms with Gasteiger partial charge in [0, 0.05) is 0 Å². The Morgan fingerprint density at radius 1 is 1.24 bits per heavy atom. The molecule has 106 valence electrons. The zero-order valence-electron chi connectivity index (χ0n) is 11.1. The number of carbonyl (C=O) groups is 1. The van der Waals surface area contributed by atoms with Crippen molar-refractivity contribution in [3.05, 3.63) is 63.4 Å². The molecular weight excluding hydrogens is 306 g/mol. The third kappa shape index (κ3) is 3.06. The third-order valence-corrected chi connectivity index (χ3v) is 4.56. The standard InChI is InChI=1S/C16H12ClNO2S/c17-15-12(8-7-11-4-1-2-5-13(11)15)10-18-20-16(19)14-6-3-9-21-14/h1-6,9-10H,7-8H2. The molecule has 0 N–H and O–H groups in total. The van der Waals surface area contributed by atoms with Crippen LogP contribution in [0, 0.1) is 0 Å². The van der Waals surface area contributed by atoms with E-state index in [9.17, 15) is 4.79 Å². The summed E-state index contributed by atoms with van der Waals surface area (Å²) < 4.78 is 0. The summed E-state index contributed by atoms with van der Waals surface area (Å²) in [6.07, 6.45) is 3.23. The summed E-state index contributed by atoms with van der Waals surface area (Å²) in [5, 5.41) is 6.26. The quantitative estimate of drug-likeness (QED) is 0.475. The van der Waals surface area contributed by atoms with Gasteiger partial charge in [-0.1, -0.05) is 47.1 Å². The zero-order valence-corrected chi connectivity index (χ0v) is 12.7. The van der Waals surface area contributed by atoms with Crippen LogP contribution >= 0.6 is 22.9 Å². The first-order valence-corrected chi connectivity index (χ1v) is 7.76. The lowest BCUT2D eigenvalue weighted by atomic mass is 9.92. The summed E-state index contributed by atoms with van der Waals surface area (Å²) in [6, 6.07) is 11.5. The van der Waals surface area contributed by atoms with Crippen LogP contribution in [0.4, 0.5) is 0 Å². The average Bonchev–Trinajstić information content (AvgIpc) is 3.04. The number of halogens is 1. The molecule has 1 aromatic heterocycles. The summed E-state index contributed by atoms with van der Waals surface area (Å²) in [4.78, 5) is 17.1. The molecule has 0 unspecified atom stereocenters. The molecule has 1 aliphatic carbocycles. The molecule has 5 heteroatoms. The average molecular weight is 318 g/mol. The second-order valence-corrected chi connectivity index (χ2v) is 5.91. The molecule has 1 heterocycles. The molecular formula is C16H12ClNO2S. The predicted octanol–water partition coefficient (Wildman–Crippen LogP) is 4.49. The number of fused-ring (bicyclic) bond motifs is 1. The van der Waals surface area contributed by atoms with E-state index in [2.05, 4.69) is 11.2 Å². The molecule has 0 radical (unpaired) electrons. The van der Waals surface area contributed by atoms with Gasteiger partial charge in [0.15, 0.2) is 0 Å². The van der Waals surface area contributed by atoms with E-state index < -0.39 is 5.97 Å². The van der Waals surface area contributed by atoms with Crippen LogP contribution in [0.5, 0.6) is 0 Å². The molecule has 3 rings (SSSR count). The number of oxime groups is 1. The predicted molar refractivity (Wildman–Crippen MR) is 85.8 cm³/mol. The van der Waals surface area contributed by atoms with Crippen LogP contribution in [0.1, 0.15) is 27.2 Å². The minimum Gasteiger partial charge on any atom is -0.312 e. The van der Waals surface area contributed by atoms with E-state index in [0.29, 0.717) is 9.91 Å². The molecule has 0 atom stereocenters. The van der Waals surface area contributed by atoms with Gasteiger partial charge in [0.1, 0.15) is 4.88 Å².